The molecule has 1 unspecified atom stereocenters. The number of H-pyrrole nitrogens is 1. The highest BCUT2D eigenvalue weighted by molar-refractivity contribution is 7.90. The maximum Gasteiger partial charge on any atom is 0.407 e. The molecular weight excluding hydrogens is 456 g/mol. The Bertz CT molecular complexity index is 1470. The summed E-state index contributed by atoms with van der Waals surface area (Å²) < 4.78 is 29.7. The Balaban J connectivity index is 1.59. The van der Waals surface area contributed by atoms with Gasteiger partial charge in [-0.3, -0.25) is 4.98 Å². The van der Waals surface area contributed by atoms with E-state index in [1.54, 1.807) is 24.4 Å². The zero-order valence-corrected chi connectivity index (χ0v) is 19.1. The lowest BCUT2D eigenvalue weighted by molar-refractivity contribution is 0.140. The van der Waals surface area contributed by atoms with Crippen LogP contribution in [0.2, 0.25) is 0 Å². The summed E-state index contributed by atoms with van der Waals surface area (Å²) in [6, 6.07) is 15.0. The van der Waals surface area contributed by atoms with Crippen LogP contribution in [0, 0.1) is 0 Å². The number of nitrogens with zero attached hydrogens (tertiary/aromatic N) is 3. The van der Waals surface area contributed by atoms with Crippen molar-refractivity contribution in [2.45, 2.75) is 23.8 Å². The van der Waals surface area contributed by atoms with E-state index >= 15 is 0 Å². The molecule has 1 saturated heterocycles. The zero-order valence-electron chi connectivity index (χ0n) is 18.3. The van der Waals surface area contributed by atoms with Gasteiger partial charge in [0.05, 0.1) is 22.0 Å². The number of imidazole rings is 1. The Kier molecular flexibility index (Phi) is 5.45. The minimum absolute atomic E-state index is 0.190. The Morgan fingerprint density at radius 1 is 1.18 bits per heavy atom. The number of hydrogen-bond donors (Lipinski definition) is 2. The van der Waals surface area contributed by atoms with Crippen molar-refractivity contribution < 1.29 is 23.1 Å². The molecule has 34 heavy (non-hydrogen) atoms. The van der Waals surface area contributed by atoms with Crippen LogP contribution < -0.4 is 4.74 Å². The van der Waals surface area contributed by atoms with Crippen molar-refractivity contribution in [3.05, 3.63) is 66.4 Å². The number of rotatable bonds is 5. The van der Waals surface area contributed by atoms with Crippen molar-refractivity contribution in [3.63, 3.8) is 0 Å². The number of pyridine rings is 1. The Morgan fingerprint density at radius 2 is 1.97 bits per heavy atom. The second kappa shape index (κ2) is 8.45. The van der Waals surface area contributed by atoms with E-state index in [0.717, 1.165) is 23.8 Å². The van der Waals surface area contributed by atoms with E-state index in [0.29, 0.717) is 41.5 Å². The van der Waals surface area contributed by atoms with Crippen molar-refractivity contribution in [1.82, 2.24) is 19.9 Å². The van der Waals surface area contributed by atoms with Crippen LogP contribution in [0.3, 0.4) is 0 Å². The average Bonchev–Trinajstić information content (AvgIpc) is 3.46. The minimum Gasteiger partial charge on any atom is -0.465 e. The first-order chi connectivity index (χ1) is 16.3. The molecule has 1 aliphatic heterocycles. The normalized spacial score (nSPS) is 16.1. The van der Waals surface area contributed by atoms with Crippen LogP contribution in [0.15, 0.2) is 65.7 Å². The topological polar surface area (TPSA) is 125 Å². The average molecular weight is 479 g/mol. The van der Waals surface area contributed by atoms with Crippen molar-refractivity contribution in [1.29, 1.82) is 0 Å². The van der Waals surface area contributed by atoms with Gasteiger partial charge in [0.2, 0.25) is 0 Å². The minimum atomic E-state index is -3.33. The molecule has 0 aliphatic carbocycles. The molecule has 1 amide bonds. The van der Waals surface area contributed by atoms with Gasteiger partial charge in [0.15, 0.2) is 15.7 Å². The zero-order chi connectivity index (χ0) is 23.9. The van der Waals surface area contributed by atoms with Gasteiger partial charge in [0.1, 0.15) is 17.2 Å². The van der Waals surface area contributed by atoms with Gasteiger partial charge in [0, 0.05) is 30.6 Å². The number of aromatic nitrogens is 3. The van der Waals surface area contributed by atoms with Crippen molar-refractivity contribution in [3.8, 4) is 23.0 Å². The molecule has 0 bridgehead atoms. The molecule has 0 spiro atoms. The van der Waals surface area contributed by atoms with Crippen LogP contribution in [-0.4, -0.2) is 52.3 Å². The maximum absolute atomic E-state index is 11.8. The molecular formula is C24H22N4O5S. The molecule has 4 aromatic rings. The molecule has 0 radical (unpaired) electrons. The van der Waals surface area contributed by atoms with Gasteiger partial charge >= 0.3 is 6.09 Å². The SMILES string of the molecule is CS(=O)(=O)c1ccc(Oc2cc3nc(-c4ccccn4)[nH]c3cc2C2CCCN2C(=O)O)cc1. The molecule has 174 valence electrons. The number of benzene rings is 2. The lowest BCUT2D eigenvalue weighted by atomic mass is 10.0. The number of likely N-dealkylation sites (tertiary alicyclic amines) is 1. The van der Waals surface area contributed by atoms with Gasteiger partial charge in [0.25, 0.3) is 0 Å². The van der Waals surface area contributed by atoms with Crippen LogP contribution in [0.5, 0.6) is 11.5 Å². The van der Waals surface area contributed by atoms with Gasteiger partial charge in [-0.05, 0) is 55.3 Å². The highest BCUT2D eigenvalue weighted by atomic mass is 32.2. The highest BCUT2D eigenvalue weighted by Crippen LogP contribution is 2.41. The number of ether oxygens (including phenoxy) is 1. The van der Waals surface area contributed by atoms with Crippen LogP contribution in [0.4, 0.5) is 4.79 Å². The van der Waals surface area contributed by atoms with Gasteiger partial charge in [-0.25, -0.2) is 18.2 Å². The molecule has 2 N–H and O–H groups in total. The summed E-state index contributed by atoms with van der Waals surface area (Å²) in [5, 5.41) is 9.70. The molecule has 10 heteroatoms. The van der Waals surface area contributed by atoms with E-state index in [9.17, 15) is 18.3 Å². The molecule has 1 atom stereocenters. The molecule has 3 heterocycles. The third-order valence-corrected chi connectivity index (χ3v) is 6.99. The van der Waals surface area contributed by atoms with E-state index in [2.05, 4.69) is 15.0 Å². The Labute approximate surface area is 196 Å². The molecule has 5 rings (SSSR count). The fourth-order valence-electron chi connectivity index (χ4n) is 4.23. The first kappa shape index (κ1) is 21.9. The highest BCUT2D eigenvalue weighted by Gasteiger charge is 2.32. The predicted molar refractivity (Wildman–Crippen MR) is 126 cm³/mol. The Hall–Kier alpha value is -3.92. The lowest BCUT2D eigenvalue weighted by Gasteiger charge is -2.24. The largest absolute Gasteiger partial charge is 0.465 e. The van der Waals surface area contributed by atoms with E-state index in [1.165, 1.54) is 17.0 Å². The molecule has 9 nitrogen and oxygen atoms in total. The van der Waals surface area contributed by atoms with E-state index < -0.39 is 15.9 Å². The number of fused-ring (bicyclic) bond motifs is 1. The summed E-state index contributed by atoms with van der Waals surface area (Å²) in [5.74, 6) is 1.50. The van der Waals surface area contributed by atoms with Crippen LogP contribution in [0.25, 0.3) is 22.6 Å². The molecule has 0 saturated carbocycles. The summed E-state index contributed by atoms with van der Waals surface area (Å²) in [7, 11) is -3.33. The van der Waals surface area contributed by atoms with Gasteiger partial charge in [-0.2, -0.15) is 0 Å². The van der Waals surface area contributed by atoms with E-state index in [-0.39, 0.29) is 10.9 Å². The molecule has 2 aromatic heterocycles. The predicted octanol–water partition coefficient (Wildman–Crippen LogP) is 4.64. The number of sulfone groups is 1. The molecule has 1 fully saturated rings. The Morgan fingerprint density at radius 3 is 2.65 bits per heavy atom. The summed E-state index contributed by atoms with van der Waals surface area (Å²) >= 11 is 0. The molecule has 1 aliphatic rings. The van der Waals surface area contributed by atoms with Crippen LogP contribution >= 0.6 is 0 Å². The summed E-state index contributed by atoms with van der Waals surface area (Å²) in [5.41, 5.74) is 2.79. The standard InChI is InChI=1S/C24H22N4O5S/c1-34(31,32)16-9-7-15(8-10-16)33-22-14-20-19(26-23(27-20)18-5-2-3-11-25-18)13-17(22)21-6-4-12-28(21)24(29)30/h2-3,5,7-11,13-14,21H,4,6,12H2,1H3,(H,26,27)(H,29,30). The smallest absolute Gasteiger partial charge is 0.407 e. The summed E-state index contributed by atoms with van der Waals surface area (Å²) in [6.45, 7) is 0.447. The van der Waals surface area contributed by atoms with Crippen molar-refractivity contribution in [2.75, 3.05) is 12.8 Å². The summed E-state index contributed by atoms with van der Waals surface area (Å²) in [6.07, 6.45) is 3.27. The van der Waals surface area contributed by atoms with Crippen molar-refractivity contribution >= 4 is 27.0 Å². The van der Waals surface area contributed by atoms with Gasteiger partial charge in [-0.1, -0.05) is 6.07 Å². The number of hydrogen-bond acceptors (Lipinski definition) is 6. The fraction of sp³-hybridized carbons (Fsp3) is 0.208. The van der Waals surface area contributed by atoms with E-state index in [1.807, 2.05) is 24.3 Å². The van der Waals surface area contributed by atoms with Crippen molar-refractivity contribution in [2.24, 2.45) is 0 Å². The van der Waals surface area contributed by atoms with Gasteiger partial charge < -0.3 is 19.7 Å². The third kappa shape index (κ3) is 4.19. The number of aromatic amines is 1. The number of amides is 1. The molecule has 2 aromatic carbocycles. The second-order valence-electron chi connectivity index (χ2n) is 8.19. The number of carboxylic acid groups (broad SMARTS) is 1. The summed E-state index contributed by atoms with van der Waals surface area (Å²) in [4.78, 5) is 25.7. The number of nitrogens with one attached hydrogen (secondary N) is 1. The lowest BCUT2D eigenvalue weighted by Crippen LogP contribution is -2.29. The second-order valence-corrected chi connectivity index (χ2v) is 10.2. The quantitative estimate of drug-likeness (QED) is 0.428. The fourth-order valence-corrected chi connectivity index (χ4v) is 4.86. The van der Waals surface area contributed by atoms with E-state index in [4.69, 9.17) is 4.74 Å². The monoisotopic (exact) mass is 478 g/mol. The maximum atomic E-state index is 11.8. The first-order valence-corrected chi connectivity index (χ1v) is 12.6. The third-order valence-electron chi connectivity index (χ3n) is 5.86. The van der Waals surface area contributed by atoms with Gasteiger partial charge in [-0.15, -0.1) is 0 Å². The first-order valence-electron chi connectivity index (χ1n) is 10.7. The van der Waals surface area contributed by atoms with Crippen LogP contribution in [0.1, 0.15) is 24.4 Å². The van der Waals surface area contributed by atoms with Crippen LogP contribution in [-0.2, 0) is 9.84 Å². The number of carbonyl (C=O) groups is 1.